The van der Waals surface area contributed by atoms with Crippen molar-refractivity contribution in [2.75, 3.05) is 42.3 Å². The molecular formula is C22H26F2N4O5S. The highest BCUT2D eigenvalue weighted by atomic mass is 32.2. The molecule has 2 aromatic rings. The number of amides is 1. The Balaban J connectivity index is 1.84. The van der Waals surface area contributed by atoms with Gasteiger partial charge < -0.3 is 15.3 Å². The maximum absolute atomic E-state index is 14.1. The van der Waals surface area contributed by atoms with Crippen molar-refractivity contribution in [3.05, 3.63) is 53.6 Å². The third-order valence-electron chi connectivity index (χ3n) is 5.20. The molecule has 3 rings (SSSR count). The fourth-order valence-electron chi connectivity index (χ4n) is 3.63. The number of anilines is 2. The van der Waals surface area contributed by atoms with Crippen LogP contribution >= 0.6 is 0 Å². The molecule has 0 atom stereocenters. The highest BCUT2D eigenvalue weighted by molar-refractivity contribution is 7.92. The number of nitrogens with zero attached hydrogens (tertiary/aromatic N) is 2. The van der Waals surface area contributed by atoms with Gasteiger partial charge in [-0.3, -0.25) is 14.4 Å². The molecule has 0 unspecified atom stereocenters. The Bertz CT molecular complexity index is 1180. The second-order valence-electron chi connectivity index (χ2n) is 8.20. The van der Waals surface area contributed by atoms with Gasteiger partial charge in [0.1, 0.15) is 16.5 Å². The van der Waals surface area contributed by atoms with Crippen molar-refractivity contribution >= 4 is 33.3 Å². The maximum Gasteiger partial charge on any atom is 0.335 e. The topological polar surface area (TPSA) is 119 Å². The number of hydrogen-bond donors (Lipinski definition) is 3. The van der Waals surface area contributed by atoms with Gasteiger partial charge in [-0.25, -0.2) is 22.0 Å². The fourth-order valence-corrected chi connectivity index (χ4v) is 4.78. The van der Waals surface area contributed by atoms with E-state index in [0.717, 1.165) is 12.1 Å². The summed E-state index contributed by atoms with van der Waals surface area (Å²) in [7, 11) is -4.56. The number of carbonyl (C=O) groups excluding carboxylic acids is 1. The molecule has 9 nitrogen and oxygen atoms in total. The van der Waals surface area contributed by atoms with Crippen LogP contribution in [0.5, 0.6) is 0 Å². The Morgan fingerprint density at radius 3 is 2.35 bits per heavy atom. The number of carboxylic acids is 1. The number of hydrogen-bond acceptors (Lipinski definition) is 6. The molecule has 0 radical (unpaired) electrons. The fraction of sp³-hybridized carbons (Fsp3) is 0.364. The number of benzene rings is 2. The van der Waals surface area contributed by atoms with Crippen molar-refractivity contribution in [2.24, 2.45) is 0 Å². The molecule has 34 heavy (non-hydrogen) atoms. The third kappa shape index (κ3) is 6.20. The molecule has 2 aromatic carbocycles. The molecule has 0 aliphatic carbocycles. The van der Waals surface area contributed by atoms with Crippen LogP contribution in [0.2, 0.25) is 0 Å². The molecule has 1 fully saturated rings. The number of carboxylic acid groups (broad SMARTS) is 1. The summed E-state index contributed by atoms with van der Waals surface area (Å²) < 4.78 is 55.5. The first-order valence-electron chi connectivity index (χ1n) is 10.6. The smallest absolute Gasteiger partial charge is 0.335 e. The van der Waals surface area contributed by atoms with Crippen molar-refractivity contribution < 1.29 is 31.9 Å². The van der Waals surface area contributed by atoms with E-state index in [-0.39, 0.29) is 29.7 Å². The molecule has 3 N–H and O–H groups in total. The van der Waals surface area contributed by atoms with Gasteiger partial charge in [-0.1, -0.05) is 0 Å². The lowest BCUT2D eigenvalue weighted by Gasteiger charge is -2.36. The van der Waals surface area contributed by atoms with Crippen LogP contribution in [0.15, 0.2) is 41.3 Å². The minimum absolute atomic E-state index is 0.0278. The van der Waals surface area contributed by atoms with Gasteiger partial charge in [-0.15, -0.1) is 0 Å². The first-order chi connectivity index (χ1) is 16.0. The van der Waals surface area contributed by atoms with Gasteiger partial charge in [0.15, 0.2) is 0 Å². The Hall–Kier alpha value is -3.25. The van der Waals surface area contributed by atoms with E-state index >= 15 is 0 Å². The summed E-state index contributed by atoms with van der Waals surface area (Å²) in [6, 6.07) is 6.01. The molecule has 1 saturated heterocycles. The van der Waals surface area contributed by atoms with E-state index in [2.05, 4.69) is 10.0 Å². The molecule has 0 saturated carbocycles. The average Bonchev–Trinajstić information content (AvgIpc) is 2.75. The van der Waals surface area contributed by atoms with E-state index in [0.29, 0.717) is 44.0 Å². The number of halogens is 2. The van der Waals surface area contributed by atoms with Crippen LogP contribution in [0, 0.1) is 11.6 Å². The van der Waals surface area contributed by atoms with E-state index in [9.17, 15) is 31.9 Å². The lowest BCUT2D eigenvalue weighted by atomic mass is 10.1. The van der Waals surface area contributed by atoms with Crippen LogP contribution in [-0.4, -0.2) is 69.1 Å². The Morgan fingerprint density at radius 2 is 1.74 bits per heavy atom. The molecule has 1 heterocycles. The SMILES string of the molecule is CC(C)NC(=O)CN1CCN(c2ccc(C(=O)O)cc2NS(=O)(=O)c2cc(F)ccc2F)CC1. The summed E-state index contributed by atoms with van der Waals surface area (Å²) in [5, 5.41) is 12.2. The normalized spacial score (nSPS) is 14.8. The number of sulfonamides is 1. The van der Waals surface area contributed by atoms with Crippen molar-refractivity contribution in [1.82, 2.24) is 10.2 Å². The highest BCUT2D eigenvalue weighted by Gasteiger charge is 2.26. The highest BCUT2D eigenvalue weighted by Crippen LogP contribution is 2.31. The monoisotopic (exact) mass is 496 g/mol. The first-order valence-corrected chi connectivity index (χ1v) is 12.1. The van der Waals surface area contributed by atoms with E-state index in [1.165, 1.54) is 12.1 Å². The van der Waals surface area contributed by atoms with Crippen LogP contribution in [0.3, 0.4) is 0 Å². The van der Waals surface area contributed by atoms with E-state index in [1.54, 1.807) is 0 Å². The van der Waals surface area contributed by atoms with Crippen LogP contribution < -0.4 is 14.9 Å². The standard InChI is InChI=1S/C22H26F2N4O5S/c1-14(2)25-21(29)13-27-7-9-28(10-8-27)19-6-3-15(22(30)31)11-18(19)26-34(32,33)20-12-16(23)4-5-17(20)24/h3-6,11-12,14,26H,7-10,13H2,1-2H3,(H,25,29)(H,30,31). The number of carbonyl (C=O) groups is 2. The minimum Gasteiger partial charge on any atom is -0.478 e. The van der Waals surface area contributed by atoms with Crippen molar-refractivity contribution in [1.29, 1.82) is 0 Å². The van der Waals surface area contributed by atoms with Crippen molar-refractivity contribution in [3.8, 4) is 0 Å². The Kier molecular flexibility index (Phi) is 7.72. The van der Waals surface area contributed by atoms with E-state index in [4.69, 9.17) is 0 Å². The van der Waals surface area contributed by atoms with Gasteiger partial charge in [-0.2, -0.15) is 0 Å². The molecular weight excluding hydrogens is 470 g/mol. The molecule has 1 amide bonds. The van der Waals surface area contributed by atoms with Crippen LogP contribution in [0.25, 0.3) is 0 Å². The van der Waals surface area contributed by atoms with Gasteiger partial charge in [0.2, 0.25) is 5.91 Å². The molecule has 12 heteroatoms. The summed E-state index contributed by atoms with van der Waals surface area (Å²) in [5.74, 6) is -3.44. The van der Waals surface area contributed by atoms with Gasteiger partial charge >= 0.3 is 5.97 Å². The number of aromatic carboxylic acids is 1. The predicted octanol–water partition coefficient (Wildman–Crippen LogP) is 2.11. The molecule has 1 aliphatic heterocycles. The van der Waals surface area contributed by atoms with Gasteiger partial charge in [0.05, 0.1) is 23.5 Å². The Morgan fingerprint density at radius 1 is 1.06 bits per heavy atom. The second-order valence-corrected chi connectivity index (χ2v) is 9.85. The summed E-state index contributed by atoms with van der Waals surface area (Å²) in [6.45, 7) is 5.86. The van der Waals surface area contributed by atoms with Crippen molar-refractivity contribution in [2.45, 2.75) is 24.8 Å². The van der Waals surface area contributed by atoms with Gasteiger partial charge in [0.25, 0.3) is 10.0 Å². The lowest BCUT2D eigenvalue weighted by molar-refractivity contribution is -0.122. The van der Waals surface area contributed by atoms with Gasteiger partial charge in [0, 0.05) is 32.2 Å². The largest absolute Gasteiger partial charge is 0.478 e. The summed E-state index contributed by atoms with van der Waals surface area (Å²) in [6.07, 6.45) is 0. The quantitative estimate of drug-likeness (QED) is 0.512. The van der Waals surface area contributed by atoms with Crippen LogP contribution in [0.1, 0.15) is 24.2 Å². The summed E-state index contributed by atoms with van der Waals surface area (Å²) in [5.41, 5.74) is 0.136. The summed E-state index contributed by atoms with van der Waals surface area (Å²) >= 11 is 0. The Labute approximate surface area is 196 Å². The molecule has 0 bridgehead atoms. The average molecular weight is 497 g/mol. The predicted molar refractivity (Wildman–Crippen MR) is 122 cm³/mol. The molecule has 1 aliphatic rings. The first kappa shape index (κ1) is 25.4. The number of piperazine rings is 1. The second kappa shape index (κ2) is 10.3. The summed E-state index contributed by atoms with van der Waals surface area (Å²) in [4.78, 5) is 26.4. The third-order valence-corrected chi connectivity index (χ3v) is 6.58. The van der Waals surface area contributed by atoms with Gasteiger partial charge in [-0.05, 0) is 50.2 Å². The number of rotatable bonds is 8. The zero-order valence-electron chi connectivity index (χ0n) is 18.7. The molecule has 0 aromatic heterocycles. The molecule has 0 spiro atoms. The van der Waals surface area contributed by atoms with E-state index in [1.807, 2.05) is 23.6 Å². The van der Waals surface area contributed by atoms with Crippen LogP contribution in [-0.2, 0) is 14.8 Å². The minimum atomic E-state index is -4.56. The van der Waals surface area contributed by atoms with Crippen LogP contribution in [0.4, 0.5) is 20.2 Å². The number of nitrogens with one attached hydrogen (secondary N) is 2. The maximum atomic E-state index is 14.1. The van der Waals surface area contributed by atoms with Crippen molar-refractivity contribution in [3.63, 3.8) is 0 Å². The zero-order valence-corrected chi connectivity index (χ0v) is 19.5. The molecule has 184 valence electrons. The lowest BCUT2D eigenvalue weighted by Crippen LogP contribution is -2.50. The van der Waals surface area contributed by atoms with E-state index < -0.39 is 32.5 Å². The zero-order chi connectivity index (χ0) is 25.0.